The summed E-state index contributed by atoms with van der Waals surface area (Å²) in [5.74, 6) is 0.652. The molecule has 3 rings (SSSR count). The van der Waals surface area contributed by atoms with Gasteiger partial charge >= 0.3 is 0 Å². The first-order valence-corrected chi connectivity index (χ1v) is 14.2. The van der Waals surface area contributed by atoms with Gasteiger partial charge in [-0.05, 0) is 55.4 Å². The average molecular weight is 485 g/mol. The van der Waals surface area contributed by atoms with E-state index in [0.717, 1.165) is 43.6 Å². The molecule has 1 saturated carbocycles. The number of nitro benzene ring substituents is 1. The molecule has 1 aliphatic heterocycles. The van der Waals surface area contributed by atoms with Gasteiger partial charge in [0.25, 0.3) is 5.69 Å². The van der Waals surface area contributed by atoms with Crippen molar-refractivity contribution in [2.45, 2.75) is 63.7 Å². The van der Waals surface area contributed by atoms with Gasteiger partial charge in [-0.15, -0.1) is 0 Å². The fourth-order valence-corrected chi connectivity index (χ4v) is 5.79. The van der Waals surface area contributed by atoms with Crippen molar-refractivity contribution < 1.29 is 9.35 Å². The number of nitrogens with one attached hydrogen (secondary N) is 1. The standard InChI is InChI=1S/C21H34BrN3O3Si/c1-20(2,3)29(4,5)28-11-10-24-14-16-8-9-21(13-16,15-24)23-18-7-6-17(22)12-19(18)25(26)27/h6-7,12,16,23H,8-11,13-15H2,1-5H3. The Morgan fingerprint density at radius 2 is 2.14 bits per heavy atom. The quantitative estimate of drug-likeness (QED) is 0.308. The molecule has 0 amide bonds. The van der Waals surface area contributed by atoms with Crippen molar-refractivity contribution in [3.8, 4) is 0 Å². The van der Waals surface area contributed by atoms with Crippen molar-refractivity contribution in [2.75, 3.05) is 31.6 Å². The van der Waals surface area contributed by atoms with Gasteiger partial charge in [0.05, 0.1) is 10.5 Å². The van der Waals surface area contributed by atoms with Crippen LogP contribution in [0.5, 0.6) is 0 Å². The summed E-state index contributed by atoms with van der Waals surface area (Å²) < 4.78 is 7.11. The first kappa shape index (κ1) is 22.7. The number of likely N-dealkylation sites (tertiary alicyclic amines) is 1. The SMILES string of the molecule is CC(C)(C)[Si](C)(C)OCCN1CC2CCC(Nc3ccc(Br)cc3[N+](=O)[O-])(C2)C1. The summed E-state index contributed by atoms with van der Waals surface area (Å²) in [6.45, 7) is 15.1. The number of hydrogen-bond acceptors (Lipinski definition) is 5. The minimum Gasteiger partial charge on any atom is -0.416 e. The van der Waals surface area contributed by atoms with E-state index in [-0.39, 0.29) is 21.2 Å². The van der Waals surface area contributed by atoms with Crippen LogP contribution >= 0.6 is 15.9 Å². The average Bonchev–Trinajstić information content (AvgIpc) is 2.89. The molecule has 162 valence electrons. The predicted octanol–water partition coefficient (Wildman–Crippen LogP) is 5.65. The van der Waals surface area contributed by atoms with Gasteiger partial charge in [-0.3, -0.25) is 15.0 Å². The van der Waals surface area contributed by atoms with Crippen LogP contribution in [0.4, 0.5) is 11.4 Å². The van der Waals surface area contributed by atoms with Crippen LogP contribution in [0.15, 0.2) is 22.7 Å². The van der Waals surface area contributed by atoms with Gasteiger partial charge < -0.3 is 9.74 Å². The van der Waals surface area contributed by atoms with E-state index in [2.05, 4.69) is 60.0 Å². The van der Waals surface area contributed by atoms with E-state index in [1.165, 1.54) is 6.42 Å². The van der Waals surface area contributed by atoms with Crippen LogP contribution in [0.3, 0.4) is 0 Å². The van der Waals surface area contributed by atoms with Crippen molar-refractivity contribution in [3.63, 3.8) is 0 Å². The molecule has 2 bridgehead atoms. The molecular formula is C21H34BrN3O3Si. The Kier molecular flexibility index (Phi) is 6.49. The summed E-state index contributed by atoms with van der Waals surface area (Å²) >= 11 is 3.35. The fraction of sp³-hybridized carbons (Fsp3) is 0.714. The fourth-order valence-electron chi connectivity index (χ4n) is 4.41. The molecule has 2 aliphatic rings. The lowest BCUT2D eigenvalue weighted by Crippen LogP contribution is -2.53. The van der Waals surface area contributed by atoms with Crippen LogP contribution < -0.4 is 5.32 Å². The number of fused-ring (bicyclic) bond motifs is 2. The lowest BCUT2D eigenvalue weighted by atomic mass is 9.90. The highest BCUT2D eigenvalue weighted by molar-refractivity contribution is 9.10. The van der Waals surface area contributed by atoms with Gasteiger partial charge in [-0.2, -0.15) is 0 Å². The van der Waals surface area contributed by atoms with Crippen LogP contribution in [0.25, 0.3) is 0 Å². The van der Waals surface area contributed by atoms with E-state index in [0.29, 0.717) is 11.6 Å². The molecular weight excluding hydrogens is 450 g/mol. The Bertz CT molecular complexity index is 768. The largest absolute Gasteiger partial charge is 0.416 e. The lowest BCUT2D eigenvalue weighted by Gasteiger charge is -2.42. The Hall–Kier alpha value is -0.963. The molecule has 0 radical (unpaired) electrons. The zero-order chi connectivity index (χ0) is 21.4. The number of anilines is 1. The van der Waals surface area contributed by atoms with Crippen LogP contribution in [0.1, 0.15) is 40.0 Å². The molecule has 2 fully saturated rings. The molecule has 1 N–H and O–H groups in total. The van der Waals surface area contributed by atoms with Crippen molar-refractivity contribution in [2.24, 2.45) is 5.92 Å². The predicted molar refractivity (Wildman–Crippen MR) is 124 cm³/mol. The first-order valence-electron chi connectivity index (χ1n) is 10.5. The monoisotopic (exact) mass is 483 g/mol. The second kappa shape index (κ2) is 8.28. The minimum atomic E-state index is -1.73. The summed E-state index contributed by atoms with van der Waals surface area (Å²) in [5.41, 5.74) is 0.673. The minimum absolute atomic E-state index is 0.0848. The smallest absolute Gasteiger partial charge is 0.293 e. The molecule has 8 heteroatoms. The highest BCUT2D eigenvalue weighted by atomic mass is 79.9. The number of nitro groups is 1. The van der Waals surface area contributed by atoms with Crippen LogP contribution in [-0.4, -0.2) is 49.9 Å². The summed E-state index contributed by atoms with van der Waals surface area (Å²) in [4.78, 5) is 13.7. The maximum atomic E-state index is 11.5. The maximum absolute atomic E-state index is 11.5. The zero-order valence-electron chi connectivity index (χ0n) is 18.3. The van der Waals surface area contributed by atoms with Gasteiger partial charge in [0.1, 0.15) is 5.69 Å². The van der Waals surface area contributed by atoms with Crippen molar-refractivity contribution in [3.05, 3.63) is 32.8 Å². The van der Waals surface area contributed by atoms with E-state index in [9.17, 15) is 10.1 Å². The Morgan fingerprint density at radius 3 is 2.79 bits per heavy atom. The summed E-state index contributed by atoms with van der Waals surface area (Å²) in [5, 5.41) is 15.3. The number of benzene rings is 1. The van der Waals surface area contributed by atoms with Gasteiger partial charge in [-0.25, -0.2) is 0 Å². The topological polar surface area (TPSA) is 67.6 Å². The third kappa shape index (κ3) is 5.21. The highest BCUT2D eigenvalue weighted by Crippen LogP contribution is 2.43. The molecule has 1 aliphatic carbocycles. The number of rotatable bonds is 7. The third-order valence-electron chi connectivity index (χ3n) is 6.99. The molecule has 0 aromatic heterocycles. The number of nitrogens with zero attached hydrogens (tertiary/aromatic N) is 2. The zero-order valence-corrected chi connectivity index (χ0v) is 20.8. The van der Waals surface area contributed by atoms with Crippen molar-refractivity contribution in [1.82, 2.24) is 4.90 Å². The van der Waals surface area contributed by atoms with E-state index >= 15 is 0 Å². The van der Waals surface area contributed by atoms with E-state index in [1.54, 1.807) is 6.07 Å². The van der Waals surface area contributed by atoms with E-state index in [4.69, 9.17) is 4.43 Å². The van der Waals surface area contributed by atoms with Gasteiger partial charge in [0.2, 0.25) is 0 Å². The molecule has 1 aromatic rings. The number of piperidine rings is 1. The van der Waals surface area contributed by atoms with Gasteiger partial charge in [0, 0.05) is 36.8 Å². The van der Waals surface area contributed by atoms with Crippen molar-refractivity contribution >= 4 is 35.6 Å². The van der Waals surface area contributed by atoms with Gasteiger partial charge in [0.15, 0.2) is 8.32 Å². The van der Waals surface area contributed by atoms with Gasteiger partial charge in [-0.1, -0.05) is 36.7 Å². The summed E-state index contributed by atoms with van der Waals surface area (Å²) in [6, 6.07) is 5.27. The van der Waals surface area contributed by atoms with Crippen LogP contribution in [-0.2, 0) is 4.43 Å². The maximum Gasteiger partial charge on any atom is 0.293 e. The van der Waals surface area contributed by atoms with Crippen LogP contribution in [0.2, 0.25) is 18.1 Å². The van der Waals surface area contributed by atoms with Crippen LogP contribution in [0, 0.1) is 16.0 Å². The highest BCUT2D eigenvalue weighted by Gasteiger charge is 2.46. The second-order valence-corrected chi connectivity index (χ2v) is 16.0. The number of halogens is 1. The molecule has 1 heterocycles. The molecule has 1 aromatic carbocycles. The molecule has 6 nitrogen and oxygen atoms in total. The lowest BCUT2D eigenvalue weighted by molar-refractivity contribution is -0.384. The normalized spacial score (nSPS) is 25.2. The molecule has 1 saturated heterocycles. The second-order valence-electron chi connectivity index (χ2n) is 10.3. The Labute approximate surface area is 183 Å². The van der Waals surface area contributed by atoms with Crippen molar-refractivity contribution in [1.29, 1.82) is 0 Å². The Morgan fingerprint density at radius 1 is 1.41 bits per heavy atom. The molecule has 2 unspecified atom stereocenters. The summed E-state index contributed by atoms with van der Waals surface area (Å²) in [6.07, 6.45) is 3.32. The van der Waals surface area contributed by atoms with E-state index < -0.39 is 8.32 Å². The Balaban J connectivity index is 1.66. The van der Waals surface area contributed by atoms with E-state index in [1.807, 2.05) is 12.1 Å². The summed E-state index contributed by atoms with van der Waals surface area (Å²) in [7, 11) is -1.73. The number of hydrogen-bond donors (Lipinski definition) is 1. The first-order chi connectivity index (χ1) is 13.4. The molecule has 0 spiro atoms. The third-order valence-corrected chi connectivity index (χ3v) is 12.0. The molecule has 2 atom stereocenters. The molecule has 29 heavy (non-hydrogen) atoms.